The van der Waals surface area contributed by atoms with Gasteiger partial charge in [-0.1, -0.05) is 20.8 Å². The number of hydrogen-bond donors (Lipinski definition) is 2. The van der Waals surface area contributed by atoms with Crippen LogP contribution < -0.4 is 10.6 Å². The van der Waals surface area contributed by atoms with Crippen LogP contribution in [0, 0.1) is 17.3 Å². The van der Waals surface area contributed by atoms with Gasteiger partial charge in [0.2, 0.25) is 5.91 Å². The smallest absolute Gasteiger partial charge is 0.220 e. The van der Waals surface area contributed by atoms with Crippen LogP contribution in [0.3, 0.4) is 0 Å². The van der Waals surface area contributed by atoms with Gasteiger partial charge in [-0.15, -0.1) is 12.4 Å². The monoisotopic (exact) mass is 331 g/mol. The number of hydrogen-bond acceptors (Lipinski definition) is 3. The zero-order valence-corrected chi connectivity index (χ0v) is 15.3. The first-order chi connectivity index (χ1) is 9.94. The normalized spacial score (nSPS) is 28.7. The van der Waals surface area contributed by atoms with Crippen molar-refractivity contribution in [3.05, 3.63) is 0 Å². The molecule has 5 heteroatoms. The summed E-state index contributed by atoms with van der Waals surface area (Å²) < 4.78 is 0. The Labute approximate surface area is 142 Å². The fraction of sp³-hybridized carbons (Fsp3) is 0.941. The molecule has 0 bridgehead atoms. The summed E-state index contributed by atoms with van der Waals surface area (Å²) in [5.41, 5.74) is 0.406. The number of carbonyl (C=O) groups excluding carboxylic acids is 1. The maximum absolute atomic E-state index is 12.1. The minimum atomic E-state index is 0. The van der Waals surface area contributed by atoms with Crippen LogP contribution in [-0.2, 0) is 4.79 Å². The number of piperazine rings is 1. The number of nitrogens with zero attached hydrogens (tertiary/aromatic N) is 1. The van der Waals surface area contributed by atoms with E-state index in [4.69, 9.17) is 0 Å². The molecule has 130 valence electrons. The van der Waals surface area contributed by atoms with Crippen LogP contribution in [0.5, 0.6) is 0 Å². The fourth-order valence-corrected chi connectivity index (χ4v) is 4.32. The molecule has 2 unspecified atom stereocenters. The van der Waals surface area contributed by atoms with E-state index in [-0.39, 0.29) is 18.3 Å². The van der Waals surface area contributed by atoms with Crippen molar-refractivity contribution < 1.29 is 4.79 Å². The quantitative estimate of drug-likeness (QED) is 0.812. The predicted molar refractivity (Wildman–Crippen MR) is 94.5 cm³/mol. The van der Waals surface area contributed by atoms with Crippen LogP contribution in [0.2, 0.25) is 0 Å². The number of carbonyl (C=O) groups is 1. The standard InChI is InChI=1S/C17H33N3O.ClH/c1-14-10-15(13-17(2,3)12-14)11-16(21)19-6-9-20-7-4-18-5-8-20;/h14-15,18H,4-13H2,1-3H3,(H,19,21);1H. The van der Waals surface area contributed by atoms with Gasteiger partial charge in [-0.25, -0.2) is 0 Å². The van der Waals surface area contributed by atoms with Gasteiger partial charge < -0.3 is 10.6 Å². The Kier molecular flexibility index (Phi) is 8.15. The van der Waals surface area contributed by atoms with Crippen LogP contribution >= 0.6 is 12.4 Å². The molecule has 0 aromatic heterocycles. The SMILES string of the molecule is CC1CC(CC(=O)NCCN2CCNCC2)CC(C)(C)C1.Cl. The van der Waals surface area contributed by atoms with Gasteiger partial charge in [0.1, 0.15) is 0 Å². The highest BCUT2D eigenvalue weighted by atomic mass is 35.5. The third-order valence-corrected chi connectivity index (χ3v) is 4.91. The number of amides is 1. The summed E-state index contributed by atoms with van der Waals surface area (Å²) in [5, 5.41) is 6.47. The third kappa shape index (κ3) is 6.84. The lowest BCUT2D eigenvalue weighted by Crippen LogP contribution is -2.46. The summed E-state index contributed by atoms with van der Waals surface area (Å²) in [4.78, 5) is 14.5. The number of nitrogens with one attached hydrogen (secondary N) is 2. The van der Waals surface area contributed by atoms with Crippen molar-refractivity contribution >= 4 is 18.3 Å². The van der Waals surface area contributed by atoms with E-state index >= 15 is 0 Å². The van der Waals surface area contributed by atoms with E-state index in [0.29, 0.717) is 11.3 Å². The Morgan fingerprint density at radius 3 is 2.59 bits per heavy atom. The minimum absolute atomic E-state index is 0. The van der Waals surface area contributed by atoms with E-state index in [2.05, 4.69) is 36.3 Å². The largest absolute Gasteiger partial charge is 0.355 e. The van der Waals surface area contributed by atoms with Crippen molar-refractivity contribution in [3.63, 3.8) is 0 Å². The van der Waals surface area contributed by atoms with Gasteiger partial charge in [0.05, 0.1) is 0 Å². The molecule has 4 nitrogen and oxygen atoms in total. The van der Waals surface area contributed by atoms with Crippen molar-refractivity contribution in [2.75, 3.05) is 39.3 Å². The van der Waals surface area contributed by atoms with Crippen molar-refractivity contribution in [1.29, 1.82) is 0 Å². The molecular weight excluding hydrogens is 298 g/mol. The topological polar surface area (TPSA) is 44.4 Å². The Bertz CT molecular complexity index is 343. The second-order valence-corrected chi connectivity index (χ2v) is 7.93. The van der Waals surface area contributed by atoms with Crippen molar-refractivity contribution in [1.82, 2.24) is 15.5 Å². The molecule has 22 heavy (non-hydrogen) atoms. The van der Waals surface area contributed by atoms with Gasteiger partial charge >= 0.3 is 0 Å². The van der Waals surface area contributed by atoms with Gasteiger partial charge in [0.25, 0.3) is 0 Å². The molecule has 1 amide bonds. The van der Waals surface area contributed by atoms with Crippen LogP contribution in [0.15, 0.2) is 0 Å². The van der Waals surface area contributed by atoms with E-state index in [1.165, 1.54) is 19.3 Å². The molecule has 1 aliphatic carbocycles. The summed E-state index contributed by atoms with van der Waals surface area (Å²) >= 11 is 0. The molecule has 1 saturated heterocycles. The van der Waals surface area contributed by atoms with Gasteiger partial charge in [0, 0.05) is 45.7 Å². The first-order valence-corrected chi connectivity index (χ1v) is 8.64. The van der Waals surface area contributed by atoms with Crippen LogP contribution in [-0.4, -0.2) is 50.1 Å². The van der Waals surface area contributed by atoms with E-state index in [1.54, 1.807) is 0 Å². The summed E-state index contributed by atoms with van der Waals surface area (Å²) in [5.74, 6) is 1.58. The average molecular weight is 332 g/mol. The summed E-state index contributed by atoms with van der Waals surface area (Å²) in [7, 11) is 0. The molecule has 2 aliphatic rings. The third-order valence-electron chi connectivity index (χ3n) is 4.91. The van der Waals surface area contributed by atoms with E-state index in [0.717, 1.165) is 51.6 Å². The molecule has 0 aromatic carbocycles. The molecule has 2 fully saturated rings. The highest BCUT2D eigenvalue weighted by molar-refractivity contribution is 5.85. The molecule has 1 heterocycles. The lowest BCUT2D eigenvalue weighted by Gasteiger charge is -2.38. The predicted octanol–water partition coefficient (Wildman–Crippen LogP) is 2.28. The van der Waals surface area contributed by atoms with E-state index < -0.39 is 0 Å². The second kappa shape index (κ2) is 9.09. The Balaban J connectivity index is 0.00000242. The van der Waals surface area contributed by atoms with E-state index in [9.17, 15) is 4.79 Å². The Hall–Kier alpha value is -0.320. The summed E-state index contributed by atoms with van der Waals surface area (Å²) in [6.45, 7) is 13.1. The van der Waals surface area contributed by atoms with E-state index in [1.807, 2.05) is 0 Å². The molecule has 2 N–H and O–H groups in total. The van der Waals surface area contributed by atoms with Gasteiger partial charge in [-0.3, -0.25) is 9.69 Å². The molecule has 0 spiro atoms. The Morgan fingerprint density at radius 2 is 1.95 bits per heavy atom. The maximum Gasteiger partial charge on any atom is 0.220 e. The van der Waals surface area contributed by atoms with Crippen LogP contribution in [0.1, 0.15) is 46.5 Å². The first kappa shape index (κ1) is 19.7. The highest BCUT2D eigenvalue weighted by Gasteiger charge is 2.32. The van der Waals surface area contributed by atoms with Crippen molar-refractivity contribution in [2.24, 2.45) is 17.3 Å². The average Bonchev–Trinajstić information content (AvgIpc) is 2.37. The van der Waals surface area contributed by atoms with Crippen LogP contribution in [0.4, 0.5) is 0 Å². The van der Waals surface area contributed by atoms with Gasteiger partial charge in [-0.2, -0.15) is 0 Å². The number of halogens is 1. The fourth-order valence-electron chi connectivity index (χ4n) is 4.32. The molecule has 2 rings (SSSR count). The summed E-state index contributed by atoms with van der Waals surface area (Å²) in [6.07, 6.45) is 4.43. The minimum Gasteiger partial charge on any atom is -0.355 e. The van der Waals surface area contributed by atoms with Crippen LogP contribution in [0.25, 0.3) is 0 Å². The summed E-state index contributed by atoms with van der Waals surface area (Å²) in [6, 6.07) is 0. The lowest BCUT2D eigenvalue weighted by molar-refractivity contribution is -0.122. The maximum atomic E-state index is 12.1. The zero-order chi connectivity index (χ0) is 15.3. The van der Waals surface area contributed by atoms with Gasteiger partial charge in [0.15, 0.2) is 0 Å². The van der Waals surface area contributed by atoms with Crippen molar-refractivity contribution in [3.8, 4) is 0 Å². The van der Waals surface area contributed by atoms with Gasteiger partial charge in [-0.05, 0) is 36.5 Å². The second-order valence-electron chi connectivity index (χ2n) is 7.93. The molecule has 2 atom stereocenters. The molecule has 0 aromatic rings. The molecule has 1 aliphatic heterocycles. The lowest BCUT2D eigenvalue weighted by atomic mass is 9.67. The van der Waals surface area contributed by atoms with Crippen molar-refractivity contribution in [2.45, 2.75) is 46.5 Å². The molecule has 1 saturated carbocycles. The number of rotatable bonds is 5. The zero-order valence-electron chi connectivity index (χ0n) is 14.5. The molecular formula is C17H34ClN3O. The molecule has 0 radical (unpaired) electrons. The highest BCUT2D eigenvalue weighted by Crippen LogP contribution is 2.42. The first-order valence-electron chi connectivity index (χ1n) is 8.64. The Morgan fingerprint density at radius 1 is 1.27 bits per heavy atom.